The second-order valence-electron chi connectivity index (χ2n) is 6.13. The number of hydrogen-bond acceptors (Lipinski definition) is 6. The first-order valence-corrected chi connectivity index (χ1v) is 9.20. The number of ether oxygens (including phenoxy) is 1. The monoisotopic (exact) mass is 378 g/mol. The first-order valence-electron chi connectivity index (χ1n) is 8.82. The molecule has 0 spiro atoms. The van der Waals surface area contributed by atoms with E-state index in [0.717, 1.165) is 18.7 Å². The van der Waals surface area contributed by atoms with Gasteiger partial charge < -0.3 is 14.2 Å². The molecule has 1 aliphatic heterocycles. The Morgan fingerprint density at radius 2 is 2.12 bits per heavy atom. The molecule has 0 aliphatic carbocycles. The minimum atomic E-state index is 0.154. The van der Waals surface area contributed by atoms with Crippen molar-refractivity contribution in [3.63, 3.8) is 0 Å². The van der Waals surface area contributed by atoms with E-state index in [1.165, 1.54) is 0 Å². The zero-order valence-corrected chi connectivity index (χ0v) is 15.6. The first-order chi connectivity index (χ1) is 12.7. The van der Waals surface area contributed by atoms with Crippen LogP contribution in [-0.4, -0.2) is 65.2 Å². The molecule has 0 bridgehead atoms. The zero-order valence-electron chi connectivity index (χ0n) is 14.9. The van der Waals surface area contributed by atoms with Crippen LogP contribution in [-0.2, 0) is 16.1 Å². The summed E-state index contributed by atoms with van der Waals surface area (Å²) < 4.78 is 10.6. The summed E-state index contributed by atoms with van der Waals surface area (Å²) in [6, 6.07) is 7.34. The van der Waals surface area contributed by atoms with Gasteiger partial charge in [-0.05, 0) is 25.1 Å². The van der Waals surface area contributed by atoms with Crippen LogP contribution in [0.3, 0.4) is 0 Å². The quantitative estimate of drug-likeness (QED) is 0.689. The van der Waals surface area contributed by atoms with Crippen molar-refractivity contribution in [1.29, 1.82) is 0 Å². The molecule has 0 unspecified atom stereocenters. The van der Waals surface area contributed by atoms with Gasteiger partial charge in [0.15, 0.2) is 5.82 Å². The maximum absolute atomic E-state index is 12.1. The van der Waals surface area contributed by atoms with E-state index < -0.39 is 0 Å². The van der Waals surface area contributed by atoms with E-state index in [-0.39, 0.29) is 5.91 Å². The van der Waals surface area contributed by atoms with Crippen LogP contribution in [0.2, 0.25) is 5.02 Å². The van der Waals surface area contributed by atoms with Crippen LogP contribution < -0.4 is 0 Å². The summed E-state index contributed by atoms with van der Waals surface area (Å²) in [6.07, 6.45) is 0.446. The Bertz CT molecular complexity index is 729. The highest BCUT2D eigenvalue weighted by molar-refractivity contribution is 6.30. The fraction of sp³-hybridized carbons (Fsp3) is 0.500. The average molecular weight is 379 g/mol. The van der Waals surface area contributed by atoms with Crippen molar-refractivity contribution in [3.05, 3.63) is 35.1 Å². The summed E-state index contributed by atoms with van der Waals surface area (Å²) in [5, 5.41) is 4.68. The molecule has 7 nitrogen and oxygen atoms in total. The van der Waals surface area contributed by atoms with E-state index >= 15 is 0 Å². The summed E-state index contributed by atoms with van der Waals surface area (Å²) in [4.78, 5) is 20.7. The molecule has 8 heteroatoms. The first kappa shape index (κ1) is 18.8. The van der Waals surface area contributed by atoms with Crippen molar-refractivity contribution in [2.24, 2.45) is 0 Å². The molecule has 3 rings (SSSR count). The maximum atomic E-state index is 12.1. The number of carbonyl (C=O) groups excluding carboxylic acids is 1. The summed E-state index contributed by atoms with van der Waals surface area (Å²) in [5.74, 6) is 1.25. The Morgan fingerprint density at radius 3 is 2.85 bits per heavy atom. The van der Waals surface area contributed by atoms with Crippen LogP contribution in [0.1, 0.15) is 19.2 Å². The zero-order chi connectivity index (χ0) is 18.4. The van der Waals surface area contributed by atoms with E-state index in [2.05, 4.69) is 15.0 Å². The van der Waals surface area contributed by atoms with Gasteiger partial charge >= 0.3 is 0 Å². The molecule has 1 aliphatic rings. The Hall–Kier alpha value is -1.96. The summed E-state index contributed by atoms with van der Waals surface area (Å²) in [5.41, 5.74) is 0.806. The Morgan fingerprint density at radius 1 is 1.31 bits per heavy atom. The summed E-state index contributed by atoms with van der Waals surface area (Å²) >= 11 is 6.00. The third kappa shape index (κ3) is 5.03. The lowest BCUT2D eigenvalue weighted by Gasteiger charge is -2.34. The van der Waals surface area contributed by atoms with Gasteiger partial charge in [-0.25, -0.2) is 0 Å². The van der Waals surface area contributed by atoms with Crippen molar-refractivity contribution in [3.8, 4) is 11.5 Å². The number of carbonyl (C=O) groups is 1. The maximum Gasteiger partial charge on any atom is 0.258 e. The molecule has 1 aromatic carbocycles. The molecule has 140 valence electrons. The highest BCUT2D eigenvalue weighted by atomic mass is 35.5. The van der Waals surface area contributed by atoms with Crippen LogP contribution >= 0.6 is 11.6 Å². The minimum Gasteiger partial charge on any atom is -0.381 e. The van der Waals surface area contributed by atoms with Gasteiger partial charge in [-0.3, -0.25) is 9.69 Å². The highest BCUT2D eigenvalue weighted by Crippen LogP contribution is 2.21. The lowest BCUT2D eigenvalue weighted by Crippen LogP contribution is -2.48. The number of amides is 1. The van der Waals surface area contributed by atoms with E-state index in [1.54, 1.807) is 12.1 Å². The molecule has 26 heavy (non-hydrogen) atoms. The second kappa shape index (κ2) is 9.12. The number of benzene rings is 1. The predicted octanol–water partition coefficient (Wildman–Crippen LogP) is 2.46. The number of hydrogen-bond donors (Lipinski definition) is 0. The van der Waals surface area contributed by atoms with Gasteiger partial charge in [0.1, 0.15) is 0 Å². The molecular formula is C18H23ClN4O3. The molecule has 1 saturated heterocycles. The number of rotatable bonds is 7. The minimum absolute atomic E-state index is 0.154. The van der Waals surface area contributed by atoms with Crippen molar-refractivity contribution < 1.29 is 14.1 Å². The van der Waals surface area contributed by atoms with Gasteiger partial charge in [-0.1, -0.05) is 22.8 Å². The van der Waals surface area contributed by atoms with Gasteiger partial charge in [0.2, 0.25) is 5.91 Å². The van der Waals surface area contributed by atoms with Crippen LogP contribution in [0.25, 0.3) is 11.5 Å². The lowest BCUT2D eigenvalue weighted by atomic mass is 10.2. The largest absolute Gasteiger partial charge is 0.381 e. The van der Waals surface area contributed by atoms with Gasteiger partial charge in [-0.2, -0.15) is 4.98 Å². The van der Waals surface area contributed by atoms with E-state index in [4.69, 9.17) is 20.9 Å². The van der Waals surface area contributed by atoms with Gasteiger partial charge in [0, 0.05) is 43.4 Å². The van der Waals surface area contributed by atoms with Crippen LogP contribution in [0.4, 0.5) is 0 Å². The standard InChI is InChI=1S/C18H23ClN4O3/c1-2-25-11-6-17(24)23-9-7-22(8-10-23)13-16-20-18(26-21-16)14-4-3-5-15(19)12-14/h3-5,12H,2,6-11,13H2,1H3. The van der Waals surface area contributed by atoms with Crippen LogP contribution in [0.15, 0.2) is 28.8 Å². The molecular weight excluding hydrogens is 356 g/mol. The lowest BCUT2D eigenvalue weighted by molar-refractivity contribution is -0.134. The molecule has 2 heterocycles. The topological polar surface area (TPSA) is 71.7 Å². The van der Waals surface area contributed by atoms with Crippen molar-refractivity contribution in [1.82, 2.24) is 19.9 Å². The molecule has 0 saturated carbocycles. The Kier molecular flexibility index (Phi) is 6.60. The highest BCUT2D eigenvalue weighted by Gasteiger charge is 2.22. The van der Waals surface area contributed by atoms with Crippen molar-refractivity contribution >= 4 is 17.5 Å². The molecule has 1 aromatic heterocycles. The predicted molar refractivity (Wildman–Crippen MR) is 97.7 cm³/mol. The number of piperazine rings is 1. The third-order valence-electron chi connectivity index (χ3n) is 4.29. The number of halogens is 1. The van der Waals surface area contributed by atoms with Gasteiger partial charge in [0.25, 0.3) is 5.89 Å². The molecule has 0 atom stereocenters. The number of aromatic nitrogens is 2. The molecule has 2 aromatic rings. The van der Waals surface area contributed by atoms with Crippen LogP contribution in [0.5, 0.6) is 0 Å². The van der Waals surface area contributed by atoms with E-state index in [0.29, 0.717) is 56.0 Å². The second-order valence-corrected chi connectivity index (χ2v) is 6.57. The van der Waals surface area contributed by atoms with Gasteiger partial charge in [0.05, 0.1) is 19.6 Å². The van der Waals surface area contributed by atoms with E-state index in [1.807, 2.05) is 24.0 Å². The summed E-state index contributed by atoms with van der Waals surface area (Å²) in [6.45, 7) is 6.67. The van der Waals surface area contributed by atoms with Crippen LogP contribution in [0, 0.1) is 0 Å². The fourth-order valence-electron chi connectivity index (χ4n) is 2.87. The van der Waals surface area contributed by atoms with Gasteiger partial charge in [-0.15, -0.1) is 0 Å². The average Bonchev–Trinajstić information content (AvgIpc) is 3.11. The molecule has 1 fully saturated rings. The molecule has 0 radical (unpaired) electrons. The smallest absolute Gasteiger partial charge is 0.258 e. The van der Waals surface area contributed by atoms with E-state index in [9.17, 15) is 4.79 Å². The Balaban J connectivity index is 1.48. The van der Waals surface area contributed by atoms with Crippen molar-refractivity contribution in [2.45, 2.75) is 19.9 Å². The Labute approximate surface area is 157 Å². The molecule has 1 amide bonds. The van der Waals surface area contributed by atoms with Crippen molar-refractivity contribution in [2.75, 3.05) is 39.4 Å². The molecule has 0 N–H and O–H groups in total. The summed E-state index contributed by atoms with van der Waals surface area (Å²) in [7, 11) is 0. The normalized spacial score (nSPS) is 15.4. The third-order valence-corrected chi connectivity index (χ3v) is 4.53. The number of nitrogens with zero attached hydrogens (tertiary/aromatic N) is 4. The SMILES string of the molecule is CCOCCC(=O)N1CCN(Cc2noc(-c3cccc(Cl)c3)n2)CC1. The fourth-order valence-corrected chi connectivity index (χ4v) is 3.06.